The summed E-state index contributed by atoms with van der Waals surface area (Å²) < 4.78 is 11.9. The molecule has 0 atom stereocenters. The van der Waals surface area contributed by atoms with Crippen LogP contribution >= 0.6 is 0 Å². The number of benzene rings is 2. The van der Waals surface area contributed by atoms with Crippen LogP contribution in [0.2, 0.25) is 0 Å². The quantitative estimate of drug-likeness (QED) is 0.450. The van der Waals surface area contributed by atoms with Crippen molar-refractivity contribution in [1.29, 1.82) is 5.26 Å². The Balaban J connectivity index is 1.65. The van der Waals surface area contributed by atoms with Crippen molar-refractivity contribution in [3.8, 4) is 6.07 Å². The molecule has 6 nitrogen and oxygen atoms in total. The van der Waals surface area contributed by atoms with E-state index >= 15 is 0 Å². The van der Waals surface area contributed by atoms with Crippen molar-refractivity contribution < 1.29 is 19.1 Å². The van der Waals surface area contributed by atoms with Gasteiger partial charge in [-0.25, -0.2) is 9.59 Å². The molecule has 1 aromatic heterocycles. The number of esters is 2. The van der Waals surface area contributed by atoms with Crippen LogP contribution in [0.3, 0.4) is 0 Å². The van der Waals surface area contributed by atoms with Gasteiger partial charge in [0.05, 0.1) is 25.2 Å². The fraction of sp³-hybridized carbons (Fsp3) is 0.174. The first-order chi connectivity index (χ1) is 14.1. The van der Waals surface area contributed by atoms with Crippen LogP contribution < -0.4 is 0 Å². The molecule has 0 N–H and O–H groups in total. The number of hydrogen-bond donors (Lipinski definition) is 0. The Hall–Kier alpha value is -3.85. The lowest BCUT2D eigenvalue weighted by atomic mass is 10.1. The lowest BCUT2D eigenvalue weighted by molar-refractivity contribution is -0.138. The smallest absolute Gasteiger partial charge is 0.337 e. The van der Waals surface area contributed by atoms with Crippen LogP contribution in [0.1, 0.15) is 27.9 Å². The third kappa shape index (κ3) is 4.90. The molecule has 0 saturated carbocycles. The van der Waals surface area contributed by atoms with E-state index in [9.17, 15) is 9.59 Å². The highest BCUT2D eigenvalue weighted by molar-refractivity contribution is 5.94. The number of aromatic nitrogens is 1. The largest absolute Gasteiger partial charge is 0.465 e. The second kappa shape index (κ2) is 9.38. The molecule has 0 spiro atoms. The molecule has 2 aromatic carbocycles. The van der Waals surface area contributed by atoms with E-state index in [1.54, 1.807) is 30.3 Å². The van der Waals surface area contributed by atoms with Gasteiger partial charge in [-0.15, -0.1) is 0 Å². The number of fused-ring (bicyclic) bond motifs is 1. The van der Waals surface area contributed by atoms with E-state index in [4.69, 9.17) is 10.00 Å². The summed E-state index contributed by atoms with van der Waals surface area (Å²) in [6.45, 7) is 0.700. The van der Waals surface area contributed by atoms with Gasteiger partial charge in [0, 0.05) is 35.3 Å². The molecule has 0 bridgehead atoms. The van der Waals surface area contributed by atoms with Crippen LogP contribution in [0, 0.1) is 11.3 Å². The lowest BCUT2D eigenvalue weighted by Gasteiger charge is -2.03. The third-order valence-electron chi connectivity index (χ3n) is 4.44. The molecule has 0 amide bonds. The molecule has 1 heterocycles. The van der Waals surface area contributed by atoms with Crippen LogP contribution in [-0.2, 0) is 27.4 Å². The molecule has 0 aliphatic carbocycles. The maximum absolute atomic E-state index is 12.1. The monoisotopic (exact) mass is 388 g/mol. The number of carbonyl (C=O) groups excluding carboxylic acids is 2. The van der Waals surface area contributed by atoms with E-state index in [0.29, 0.717) is 18.5 Å². The predicted molar refractivity (Wildman–Crippen MR) is 109 cm³/mol. The Labute approximate surface area is 168 Å². The van der Waals surface area contributed by atoms with Crippen molar-refractivity contribution in [3.63, 3.8) is 0 Å². The minimum atomic E-state index is -0.462. The summed E-state index contributed by atoms with van der Waals surface area (Å²) in [5, 5.41) is 9.84. The molecule has 3 rings (SSSR count). The SMILES string of the molecule is COC(=O)c1ccc(COC(=O)/C=C/c2cn(CCC#N)c3ccccc23)cc1. The minimum absolute atomic E-state index is 0.106. The van der Waals surface area contributed by atoms with Crippen LogP contribution in [0.25, 0.3) is 17.0 Å². The van der Waals surface area contributed by atoms with Crippen molar-refractivity contribution in [3.05, 3.63) is 77.5 Å². The maximum Gasteiger partial charge on any atom is 0.337 e. The summed E-state index contributed by atoms with van der Waals surface area (Å²) in [4.78, 5) is 23.5. The molecule has 0 aliphatic heterocycles. The second-order valence-electron chi connectivity index (χ2n) is 6.33. The van der Waals surface area contributed by atoms with Crippen LogP contribution in [-0.4, -0.2) is 23.6 Å². The minimum Gasteiger partial charge on any atom is -0.465 e. The molecule has 0 aliphatic rings. The van der Waals surface area contributed by atoms with Gasteiger partial charge in [-0.2, -0.15) is 5.26 Å². The first-order valence-electron chi connectivity index (χ1n) is 9.09. The summed E-state index contributed by atoms with van der Waals surface area (Å²) in [7, 11) is 1.32. The highest BCUT2D eigenvalue weighted by atomic mass is 16.5. The first-order valence-corrected chi connectivity index (χ1v) is 9.09. The van der Waals surface area contributed by atoms with Gasteiger partial charge in [-0.05, 0) is 29.8 Å². The molecular formula is C23H20N2O4. The van der Waals surface area contributed by atoms with Crippen molar-refractivity contribution in [2.75, 3.05) is 7.11 Å². The first kappa shape index (κ1) is 19.9. The average Bonchev–Trinajstić information content (AvgIpc) is 3.12. The highest BCUT2D eigenvalue weighted by Crippen LogP contribution is 2.23. The summed E-state index contributed by atoms with van der Waals surface area (Å²) in [5.41, 5.74) is 3.11. The van der Waals surface area contributed by atoms with Crippen molar-refractivity contribution in [2.45, 2.75) is 19.6 Å². The number of nitrogens with zero attached hydrogens (tertiary/aromatic N) is 2. The highest BCUT2D eigenvalue weighted by Gasteiger charge is 2.08. The van der Waals surface area contributed by atoms with Crippen LogP contribution in [0.4, 0.5) is 0 Å². The molecule has 3 aromatic rings. The van der Waals surface area contributed by atoms with Gasteiger partial charge < -0.3 is 14.0 Å². The van der Waals surface area contributed by atoms with Gasteiger partial charge >= 0.3 is 11.9 Å². The standard InChI is InChI=1S/C23H20N2O4/c1-28-23(27)18-9-7-17(8-10-18)16-29-22(26)12-11-19-15-25(14-4-13-24)21-6-3-2-5-20(19)21/h2-3,5-12,15H,4,14,16H2,1H3/b12-11+. The summed E-state index contributed by atoms with van der Waals surface area (Å²) in [6, 6.07) is 16.7. The number of para-hydroxylation sites is 1. The summed E-state index contributed by atoms with van der Waals surface area (Å²) in [6.07, 6.45) is 5.45. The second-order valence-corrected chi connectivity index (χ2v) is 6.33. The third-order valence-corrected chi connectivity index (χ3v) is 4.44. The molecule has 0 unspecified atom stereocenters. The van der Waals surface area contributed by atoms with Crippen molar-refractivity contribution in [2.24, 2.45) is 0 Å². The number of nitriles is 1. The predicted octanol–water partition coefficient (Wildman–Crippen LogP) is 4.10. The Kier molecular flexibility index (Phi) is 6.43. The van der Waals surface area contributed by atoms with E-state index in [-0.39, 0.29) is 6.61 Å². The lowest BCUT2D eigenvalue weighted by Crippen LogP contribution is -2.03. The van der Waals surface area contributed by atoms with Gasteiger partial charge in [0.2, 0.25) is 0 Å². The number of methoxy groups -OCH3 is 1. The Bertz CT molecular complexity index is 1090. The molecule has 0 fully saturated rings. The van der Waals surface area contributed by atoms with Crippen LogP contribution in [0.15, 0.2) is 60.8 Å². The molecular weight excluding hydrogens is 368 g/mol. The molecule has 146 valence electrons. The van der Waals surface area contributed by atoms with E-state index < -0.39 is 11.9 Å². The zero-order valence-corrected chi connectivity index (χ0v) is 16.0. The topological polar surface area (TPSA) is 81.3 Å². The molecule has 0 saturated heterocycles. The van der Waals surface area contributed by atoms with Crippen molar-refractivity contribution in [1.82, 2.24) is 4.57 Å². The number of hydrogen-bond acceptors (Lipinski definition) is 5. The number of aryl methyl sites for hydroxylation is 1. The van der Waals surface area contributed by atoms with Crippen molar-refractivity contribution >= 4 is 28.9 Å². The Morgan fingerprint density at radius 3 is 2.62 bits per heavy atom. The number of carbonyl (C=O) groups is 2. The van der Waals surface area contributed by atoms with E-state index in [1.807, 2.05) is 35.0 Å². The number of ether oxygens (including phenoxy) is 2. The molecule has 0 radical (unpaired) electrons. The zero-order chi connectivity index (χ0) is 20.6. The van der Waals surface area contributed by atoms with E-state index in [0.717, 1.165) is 22.0 Å². The Morgan fingerprint density at radius 2 is 1.90 bits per heavy atom. The zero-order valence-electron chi connectivity index (χ0n) is 16.0. The average molecular weight is 388 g/mol. The molecule has 6 heteroatoms. The van der Waals surface area contributed by atoms with Gasteiger partial charge in [-0.3, -0.25) is 0 Å². The fourth-order valence-corrected chi connectivity index (χ4v) is 2.98. The van der Waals surface area contributed by atoms with Gasteiger partial charge in [0.25, 0.3) is 0 Å². The van der Waals surface area contributed by atoms with Gasteiger partial charge in [-0.1, -0.05) is 30.3 Å². The summed E-state index contributed by atoms with van der Waals surface area (Å²) >= 11 is 0. The molecule has 29 heavy (non-hydrogen) atoms. The fourth-order valence-electron chi connectivity index (χ4n) is 2.98. The summed E-state index contributed by atoms with van der Waals surface area (Å²) in [5.74, 6) is -0.874. The van der Waals surface area contributed by atoms with Gasteiger partial charge in [0.15, 0.2) is 0 Å². The van der Waals surface area contributed by atoms with Gasteiger partial charge in [0.1, 0.15) is 6.61 Å². The normalized spacial score (nSPS) is 10.8. The van der Waals surface area contributed by atoms with E-state index in [1.165, 1.54) is 13.2 Å². The van der Waals surface area contributed by atoms with Crippen LogP contribution in [0.5, 0.6) is 0 Å². The maximum atomic E-state index is 12.1. The number of rotatable bonds is 7. The van der Waals surface area contributed by atoms with E-state index in [2.05, 4.69) is 10.8 Å². The Morgan fingerprint density at radius 1 is 1.14 bits per heavy atom.